The van der Waals surface area contributed by atoms with Crippen molar-refractivity contribution in [3.8, 4) is 10.7 Å². The van der Waals surface area contributed by atoms with Gasteiger partial charge in [0, 0.05) is 25.5 Å². The third kappa shape index (κ3) is 3.65. The lowest BCUT2D eigenvalue weighted by Crippen LogP contribution is -2.30. The molecule has 1 aliphatic rings. The number of nitrogens with one attached hydrogen (secondary N) is 1. The van der Waals surface area contributed by atoms with Gasteiger partial charge >= 0.3 is 0 Å². The minimum Gasteiger partial charge on any atom is -0.389 e. The van der Waals surface area contributed by atoms with E-state index in [4.69, 9.17) is 5.73 Å². The second-order valence-electron chi connectivity index (χ2n) is 6.46. The number of aromatic nitrogens is 3. The van der Waals surface area contributed by atoms with E-state index >= 15 is 0 Å². The molecule has 0 aromatic carbocycles. The lowest BCUT2D eigenvalue weighted by Gasteiger charge is -2.30. The molecule has 9 heteroatoms. The first-order chi connectivity index (χ1) is 13.6. The molecule has 1 fully saturated rings. The lowest BCUT2D eigenvalue weighted by atomic mass is 10.1. The number of thiazole rings is 1. The molecule has 144 valence electrons. The molecule has 0 saturated carbocycles. The predicted molar refractivity (Wildman–Crippen MR) is 108 cm³/mol. The summed E-state index contributed by atoms with van der Waals surface area (Å²) < 4.78 is 14.0. The number of pyridine rings is 2. The van der Waals surface area contributed by atoms with Crippen molar-refractivity contribution in [1.82, 2.24) is 15.0 Å². The number of piperidine rings is 1. The molecule has 7 nitrogen and oxygen atoms in total. The van der Waals surface area contributed by atoms with E-state index in [1.165, 1.54) is 24.8 Å². The molecule has 4 rings (SSSR count). The highest BCUT2D eigenvalue weighted by atomic mass is 32.1. The molecule has 0 bridgehead atoms. The van der Waals surface area contributed by atoms with Crippen LogP contribution in [0.15, 0.2) is 36.8 Å². The van der Waals surface area contributed by atoms with Gasteiger partial charge < -0.3 is 16.0 Å². The highest BCUT2D eigenvalue weighted by Crippen LogP contribution is 2.32. The molecule has 0 radical (unpaired) electrons. The smallest absolute Gasteiger partial charge is 0.277 e. The van der Waals surface area contributed by atoms with E-state index < -0.39 is 11.7 Å². The first kappa shape index (κ1) is 18.3. The topological polar surface area (TPSA) is 97.0 Å². The molecule has 0 atom stereocenters. The number of anilines is 3. The van der Waals surface area contributed by atoms with Gasteiger partial charge in [0.1, 0.15) is 15.7 Å². The summed E-state index contributed by atoms with van der Waals surface area (Å²) in [6.45, 7) is 1.88. The van der Waals surface area contributed by atoms with Gasteiger partial charge in [0.15, 0.2) is 11.5 Å². The van der Waals surface area contributed by atoms with E-state index in [9.17, 15) is 9.18 Å². The Morgan fingerprint density at radius 2 is 2.04 bits per heavy atom. The van der Waals surface area contributed by atoms with Crippen molar-refractivity contribution in [3.05, 3.63) is 48.3 Å². The number of amides is 1. The number of hydrogen-bond donors (Lipinski definition) is 2. The average Bonchev–Trinajstić information content (AvgIpc) is 3.11. The molecule has 4 heterocycles. The Morgan fingerprint density at radius 1 is 1.21 bits per heavy atom. The molecule has 1 amide bonds. The highest BCUT2D eigenvalue weighted by Gasteiger charge is 2.22. The molecule has 0 spiro atoms. The van der Waals surface area contributed by atoms with Crippen LogP contribution in [-0.4, -0.2) is 33.9 Å². The molecule has 0 unspecified atom stereocenters. The van der Waals surface area contributed by atoms with Crippen LogP contribution in [0, 0.1) is 5.82 Å². The number of nitrogens with two attached hydrogens (primary N) is 1. The lowest BCUT2D eigenvalue weighted by molar-refractivity contribution is 0.102. The average molecular weight is 398 g/mol. The van der Waals surface area contributed by atoms with Gasteiger partial charge in [0.05, 0.1) is 17.6 Å². The van der Waals surface area contributed by atoms with Crippen molar-refractivity contribution in [2.75, 3.05) is 29.0 Å². The molecule has 3 N–H and O–H groups in total. The molecule has 3 aromatic heterocycles. The van der Waals surface area contributed by atoms with Crippen molar-refractivity contribution in [2.24, 2.45) is 0 Å². The molecule has 28 heavy (non-hydrogen) atoms. The van der Waals surface area contributed by atoms with E-state index in [2.05, 4.69) is 25.2 Å². The van der Waals surface area contributed by atoms with Gasteiger partial charge in [-0.1, -0.05) is 11.3 Å². The Bertz CT molecular complexity index is 1000. The van der Waals surface area contributed by atoms with Crippen molar-refractivity contribution in [3.63, 3.8) is 0 Å². The van der Waals surface area contributed by atoms with Crippen molar-refractivity contribution in [1.29, 1.82) is 0 Å². The fraction of sp³-hybridized carbons (Fsp3) is 0.263. The van der Waals surface area contributed by atoms with Crippen LogP contribution in [0.4, 0.5) is 20.8 Å². The highest BCUT2D eigenvalue weighted by molar-refractivity contribution is 7.19. The van der Waals surface area contributed by atoms with Gasteiger partial charge in [0.25, 0.3) is 5.91 Å². The number of halogens is 1. The summed E-state index contributed by atoms with van der Waals surface area (Å²) in [4.78, 5) is 27.4. The normalized spacial score (nSPS) is 14.1. The van der Waals surface area contributed by atoms with E-state index in [0.717, 1.165) is 43.0 Å². The molecular weight excluding hydrogens is 379 g/mol. The number of rotatable bonds is 4. The maximum absolute atomic E-state index is 14.0. The van der Waals surface area contributed by atoms with Crippen LogP contribution in [0.3, 0.4) is 0 Å². The van der Waals surface area contributed by atoms with Crippen LogP contribution < -0.4 is 16.0 Å². The summed E-state index contributed by atoms with van der Waals surface area (Å²) in [6, 6.07) is 4.67. The Balaban J connectivity index is 1.59. The minimum absolute atomic E-state index is 0.0542. The fourth-order valence-electron chi connectivity index (χ4n) is 3.21. The zero-order valence-electron chi connectivity index (χ0n) is 15.1. The zero-order valence-corrected chi connectivity index (χ0v) is 15.9. The molecule has 1 saturated heterocycles. The van der Waals surface area contributed by atoms with Gasteiger partial charge in [-0.2, -0.15) is 0 Å². The Labute approximate surface area is 165 Å². The molecular formula is C19H19FN6OS. The summed E-state index contributed by atoms with van der Waals surface area (Å²) in [5, 5.41) is 3.33. The third-order valence-corrected chi connectivity index (χ3v) is 5.46. The number of carbonyl (C=O) groups excluding carboxylic acids is 1. The van der Waals surface area contributed by atoms with Crippen molar-refractivity contribution >= 4 is 33.6 Å². The fourth-order valence-corrected chi connectivity index (χ4v) is 4.04. The number of carbonyl (C=O) groups is 1. The molecule has 0 aliphatic carbocycles. The van der Waals surface area contributed by atoms with Crippen LogP contribution in [0.5, 0.6) is 0 Å². The van der Waals surface area contributed by atoms with Gasteiger partial charge in [0.2, 0.25) is 0 Å². The van der Waals surface area contributed by atoms with Crippen molar-refractivity contribution in [2.45, 2.75) is 19.3 Å². The van der Waals surface area contributed by atoms with Crippen LogP contribution >= 0.6 is 11.3 Å². The maximum atomic E-state index is 14.0. The van der Waals surface area contributed by atoms with Crippen LogP contribution in [0.2, 0.25) is 0 Å². The van der Waals surface area contributed by atoms with Crippen LogP contribution in [-0.2, 0) is 0 Å². The monoisotopic (exact) mass is 398 g/mol. The first-order valence-corrected chi connectivity index (χ1v) is 9.82. The Hall–Kier alpha value is -3.07. The van der Waals surface area contributed by atoms with E-state index in [-0.39, 0.29) is 21.4 Å². The van der Waals surface area contributed by atoms with Crippen LogP contribution in [0.1, 0.15) is 29.8 Å². The SMILES string of the molecule is Nc1sc(-c2ncccc2F)nc1C(=O)Nc1cnccc1N1CCCCC1. The number of nitrogens with zero attached hydrogens (tertiary/aromatic N) is 4. The largest absolute Gasteiger partial charge is 0.389 e. The third-order valence-electron chi connectivity index (χ3n) is 4.57. The Kier molecular flexibility index (Phi) is 5.16. The maximum Gasteiger partial charge on any atom is 0.277 e. The summed E-state index contributed by atoms with van der Waals surface area (Å²) in [5.41, 5.74) is 7.64. The number of hydrogen-bond acceptors (Lipinski definition) is 7. The molecule has 3 aromatic rings. The Morgan fingerprint density at radius 3 is 2.82 bits per heavy atom. The van der Waals surface area contributed by atoms with Crippen molar-refractivity contribution < 1.29 is 9.18 Å². The molecule has 1 aliphatic heterocycles. The van der Waals surface area contributed by atoms with Gasteiger partial charge in [-0.25, -0.2) is 9.37 Å². The quantitative estimate of drug-likeness (QED) is 0.697. The summed E-state index contributed by atoms with van der Waals surface area (Å²) in [5.74, 6) is -0.967. The predicted octanol–water partition coefficient (Wildman–Crippen LogP) is 3.56. The minimum atomic E-state index is -0.511. The second kappa shape index (κ2) is 7.89. The van der Waals surface area contributed by atoms with E-state index in [1.54, 1.807) is 12.4 Å². The first-order valence-electron chi connectivity index (χ1n) is 9.01. The second-order valence-corrected chi connectivity index (χ2v) is 7.49. The van der Waals surface area contributed by atoms with Gasteiger partial charge in [-0.3, -0.25) is 14.8 Å². The summed E-state index contributed by atoms with van der Waals surface area (Å²) in [7, 11) is 0. The van der Waals surface area contributed by atoms with Crippen LogP contribution in [0.25, 0.3) is 10.7 Å². The zero-order chi connectivity index (χ0) is 19.5. The van der Waals surface area contributed by atoms with Gasteiger partial charge in [-0.15, -0.1) is 0 Å². The number of nitrogen functional groups attached to an aromatic ring is 1. The van der Waals surface area contributed by atoms with Gasteiger partial charge in [-0.05, 0) is 37.5 Å². The van der Waals surface area contributed by atoms with E-state index in [0.29, 0.717) is 5.69 Å². The summed E-state index contributed by atoms with van der Waals surface area (Å²) >= 11 is 1.03. The standard InChI is InChI=1S/C19H19FN6OS/c20-12-5-4-7-23-15(12)19-25-16(17(21)28-19)18(27)24-13-11-22-8-6-14(13)26-9-2-1-3-10-26/h4-8,11H,1-3,9-10,21H2,(H,24,27). The summed E-state index contributed by atoms with van der Waals surface area (Å²) in [6.07, 6.45) is 8.24. The van der Waals surface area contributed by atoms with E-state index in [1.807, 2.05) is 6.07 Å².